The van der Waals surface area contributed by atoms with E-state index in [-0.39, 0.29) is 23.7 Å². The van der Waals surface area contributed by atoms with Crippen molar-refractivity contribution in [3.63, 3.8) is 0 Å². The van der Waals surface area contributed by atoms with E-state index in [0.29, 0.717) is 27.0 Å². The Morgan fingerprint density at radius 2 is 2.00 bits per heavy atom. The van der Waals surface area contributed by atoms with E-state index >= 15 is 0 Å². The average molecular weight is 485 g/mol. The number of carbonyl (C=O) groups is 2. The normalized spacial score (nSPS) is 28.7. The fraction of sp³-hybridized carbons (Fsp3) is 0.250. The number of hydrogen-bond acceptors (Lipinski definition) is 5. The number of halogens is 2. The zero-order valence-electron chi connectivity index (χ0n) is 16.8. The van der Waals surface area contributed by atoms with E-state index in [1.165, 1.54) is 23.5 Å². The first-order chi connectivity index (χ1) is 15.5. The Kier molecular flexibility index (Phi) is 4.73. The van der Waals surface area contributed by atoms with Crippen LogP contribution in [0.15, 0.2) is 60.0 Å². The fourth-order valence-electron chi connectivity index (χ4n) is 5.68. The largest absolute Gasteiger partial charge is 0.324 e. The Morgan fingerprint density at radius 3 is 2.75 bits per heavy atom. The fourth-order valence-corrected chi connectivity index (χ4v) is 7.83. The van der Waals surface area contributed by atoms with Gasteiger partial charge in [-0.3, -0.25) is 14.5 Å². The molecule has 3 aliphatic rings. The third-order valence-electron chi connectivity index (χ3n) is 6.88. The minimum absolute atomic E-state index is 0.0324. The zero-order valence-corrected chi connectivity index (χ0v) is 19.1. The minimum Gasteiger partial charge on any atom is -0.324 e. The summed E-state index contributed by atoms with van der Waals surface area (Å²) in [6.45, 7) is 0. The first-order valence-corrected chi connectivity index (χ1v) is 12.7. The van der Waals surface area contributed by atoms with Crippen molar-refractivity contribution in [1.29, 1.82) is 0 Å². The summed E-state index contributed by atoms with van der Waals surface area (Å²) < 4.78 is 14.5. The van der Waals surface area contributed by atoms with Crippen molar-refractivity contribution in [2.24, 2.45) is 5.92 Å². The number of ketones is 1. The SMILES string of the molecule is O=C(c1cccs1)[C@@H]1[C@H](c2ccc(Cl)cc2)[C@@H]2CSCN2[C@@]12C(=O)Nc1ccc(F)cc12. The van der Waals surface area contributed by atoms with Crippen molar-refractivity contribution in [3.8, 4) is 0 Å². The standard InChI is InChI=1S/C24H18ClFN2O2S2/c25-14-5-3-13(4-6-14)20-18-11-31-12-28(18)24(21(20)22(29)19-2-1-9-32-19)16-10-15(26)7-8-17(16)27-23(24)30/h1-10,18,20-21H,11-12H2,(H,27,30)/t18-,20+,21-,24+/m0/s1. The third-order valence-corrected chi connectivity index (χ3v) is 9.06. The van der Waals surface area contributed by atoms with Crippen LogP contribution in [0.3, 0.4) is 0 Å². The Balaban J connectivity index is 1.63. The van der Waals surface area contributed by atoms with Crippen LogP contribution in [0.4, 0.5) is 10.1 Å². The number of anilines is 1. The van der Waals surface area contributed by atoms with Gasteiger partial charge in [-0.25, -0.2) is 4.39 Å². The van der Waals surface area contributed by atoms with Gasteiger partial charge in [0.05, 0.1) is 10.8 Å². The molecule has 0 bridgehead atoms. The molecule has 162 valence electrons. The highest BCUT2D eigenvalue weighted by atomic mass is 35.5. The molecule has 0 unspecified atom stereocenters. The number of benzene rings is 2. The highest BCUT2D eigenvalue weighted by Gasteiger charge is 2.69. The molecule has 6 rings (SSSR count). The molecule has 0 radical (unpaired) electrons. The molecule has 1 spiro atoms. The molecular weight excluding hydrogens is 467 g/mol. The number of nitrogens with zero attached hydrogens (tertiary/aromatic N) is 1. The number of rotatable bonds is 3. The lowest BCUT2D eigenvalue weighted by atomic mass is 9.70. The summed E-state index contributed by atoms with van der Waals surface area (Å²) in [6, 6.07) is 15.5. The molecule has 0 saturated carbocycles. The van der Waals surface area contributed by atoms with Crippen LogP contribution in [0.25, 0.3) is 0 Å². The molecule has 3 aliphatic heterocycles. The third kappa shape index (κ3) is 2.71. The number of Topliss-reactive ketones (excluding diaryl/α,β-unsaturated/α-hetero) is 1. The lowest BCUT2D eigenvalue weighted by Crippen LogP contribution is -2.52. The predicted octanol–water partition coefficient (Wildman–Crippen LogP) is 5.36. The zero-order chi connectivity index (χ0) is 22.0. The van der Waals surface area contributed by atoms with Gasteiger partial charge < -0.3 is 5.32 Å². The van der Waals surface area contributed by atoms with Crippen LogP contribution in [-0.4, -0.2) is 34.3 Å². The van der Waals surface area contributed by atoms with Crippen molar-refractivity contribution in [2.75, 3.05) is 16.9 Å². The molecule has 0 aliphatic carbocycles. The van der Waals surface area contributed by atoms with Gasteiger partial charge in [-0.05, 0) is 47.3 Å². The molecule has 2 saturated heterocycles. The van der Waals surface area contributed by atoms with Gasteiger partial charge >= 0.3 is 0 Å². The molecule has 4 nitrogen and oxygen atoms in total. The second-order valence-electron chi connectivity index (χ2n) is 8.34. The van der Waals surface area contributed by atoms with E-state index in [1.54, 1.807) is 23.9 Å². The summed E-state index contributed by atoms with van der Waals surface area (Å²) >= 11 is 9.26. The summed E-state index contributed by atoms with van der Waals surface area (Å²) in [5.41, 5.74) is 0.849. The first kappa shape index (κ1) is 20.4. The molecule has 4 heterocycles. The lowest BCUT2D eigenvalue weighted by molar-refractivity contribution is -0.127. The van der Waals surface area contributed by atoms with Crippen LogP contribution in [0.1, 0.15) is 26.7 Å². The number of thioether (sulfide) groups is 1. The minimum atomic E-state index is -1.25. The predicted molar refractivity (Wildman–Crippen MR) is 126 cm³/mol. The van der Waals surface area contributed by atoms with Gasteiger partial charge in [0.25, 0.3) is 0 Å². The van der Waals surface area contributed by atoms with Gasteiger partial charge in [0.2, 0.25) is 5.91 Å². The van der Waals surface area contributed by atoms with Crippen LogP contribution in [0, 0.1) is 11.7 Å². The highest BCUT2D eigenvalue weighted by molar-refractivity contribution is 7.99. The number of hydrogen-bond donors (Lipinski definition) is 1. The molecule has 32 heavy (non-hydrogen) atoms. The molecule has 3 aromatic rings. The number of fused-ring (bicyclic) bond motifs is 4. The number of amides is 1. The van der Waals surface area contributed by atoms with Gasteiger partial charge in [0.15, 0.2) is 5.78 Å². The van der Waals surface area contributed by atoms with Gasteiger partial charge in [-0.1, -0.05) is 29.8 Å². The van der Waals surface area contributed by atoms with Crippen molar-refractivity contribution in [3.05, 3.63) is 86.8 Å². The monoisotopic (exact) mass is 484 g/mol. The summed E-state index contributed by atoms with van der Waals surface area (Å²) in [6.07, 6.45) is 0. The number of thiophene rings is 1. The van der Waals surface area contributed by atoms with Crippen LogP contribution < -0.4 is 5.32 Å². The van der Waals surface area contributed by atoms with Gasteiger partial charge in [0.1, 0.15) is 11.4 Å². The molecule has 1 N–H and O–H groups in total. The van der Waals surface area contributed by atoms with E-state index in [9.17, 15) is 14.0 Å². The summed E-state index contributed by atoms with van der Waals surface area (Å²) in [5.74, 6) is -0.259. The van der Waals surface area contributed by atoms with Crippen LogP contribution in [0.2, 0.25) is 5.02 Å². The number of nitrogens with one attached hydrogen (secondary N) is 1. The van der Waals surface area contributed by atoms with E-state index in [4.69, 9.17) is 11.6 Å². The van der Waals surface area contributed by atoms with Crippen molar-refractivity contribution in [2.45, 2.75) is 17.5 Å². The highest BCUT2D eigenvalue weighted by Crippen LogP contribution is 2.61. The average Bonchev–Trinajstić information content (AvgIpc) is 3.55. The van der Waals surface area contributed by atoms with E-state index in [2.05, 4.69) is 10.2 Å². The smallest absolute Gasteiger partial charge is 0.250 e. The Labute approximate surface area is 197 Å². The maximum absolute atomic E-state index is 14.5. The van der Waals surface area contributed by atoms with Gasteiger partial charge in [0, 0.05) is 39.9 Å². The lowest BCUT2D eigenvalue weighted by Gasteiger charge is -2.36. The van der Waals surface area contributed by atoms with E-state index in [0.717, 1.165) is 11.3 Å². The second-order valence-corrected chi connectivity index (χ2v) is 10.7. The van der Waals surface area contributed by atoms with E-state index in [1.807, 2.05) is 35.7 Å². The maximum Gasteiger partial charge on any atom is 0.250 e. The van der Waals surface area contributed by atoms with Gasteiger partial charge in [-0.2, -0.15) is 0 Å². The molecule has 4 atom stereocenters. The Morgan fingerprint density at radius 1 is 1.19 bits per heavy atom. The van der Waals surface area contributed by atoms with Crippen molar-refractivity contribution >= 4 is 52.1 Å². The van der Waals surface area contributed by atoms with Crippen LogP contribution in [0.5, 0.6) is 0 Å². The van der Waals surface area contributed by atoms with E-state index < -0.39 is 17.3 Å². The maximum atomic E-state index is 14.5. The first-order valence-electron chi connectivity index (χ1n) is 10.3. The van der Waals surface area contributed by atoms with Crippen molar-refractivity contribution < 1.29 is 14.0 Å². The summed E-state index contributed by atoms with van der Waals surface area (Å²) in [5, 5.41) is 5.44. The summed E-state index contributed by atoms with van der Waals surface area (Å²) in [7, 11) is 0. The quantitative estimate of drug-likeness (QED) is 0.508. The van der Waals surface area contributed by atoms with Crippen molar-refractivity contribution in [1.82, 2.24) is 4.90 Å². The molecule has 8 heteroatoms. The summed E-state index contributed by atoms with van der Waals surface area (Å²) in [4.78, 5) is 30.6. The molecule has 1 amide bonds. The Bertz CT molecular complexity index is 1230. The molecule has 2 fully saturated rings. The van der Waals surface area contributed by atoms with Crippen LogP contribution in [-0.2, 0) is 10.3 Å². The number of carbonyl (C=O) groups excluding carboxylic acids is 2. The van der Waals surface area contributed by atoms with Gasteiger partial charge in [-0.15, -0.1) is 23.1 Å². The molecule has 2 aromatic carbocycles. The second kappa shape index (κ2) is 7.42. The molecule has 1 aromatic heterocycles. The molecular formula is C24H18ClFN2O2S2. The topological polar surface area (TPSA) is 49.4 Å². The van der Waals surface area contributed by atoms with Crippen LogP contribution >= 0.6 is 34.7 Å². The Hall–Kier alpha value is -2.19.